The molecule has 1 fully saturated rings. The summed E-state index contributed by atoms with van der Waals surface area (Å²) in [4.78, 5) is 10.2. The van der Waals surface area contributed by atoms with E-state index in [4.69, 9.17) is 10.8 Å². The second-order valence-corrected chi connectivity index (χ2v) is 2.87. The minimum atomic E-state index is -0.886. The van der Waals surface area contributed by atoms with Crippen LogP contribution < -0.4 is 5.73 Å². The van der Waals surface area contributed by atoms with E-state index < -0.39 is 11.6 Å². The third-order valence-electron chi connectivity index (χ3n) is 1.98. The van der Waals surface area contributed by atoms with Crippen LogP contribution in [0, 0.1) is 5.92 Å². The third-order valence-corrected chi connectivity index (χ3v) is 1.98. The lowest BCUT2D eigenvalue weighted by Crippen LogP contribution is -2.51. The normalized spacial score (nSPS) is 38.8. The van der Waals surface area contributed by atoms with Gasteiger partial charge in [-0.25, -0.2) is 0 Å². The van der Waals surface area contributed by atoms with Gasteiger partial charge in [-0.3, -0.25) is 4.79 Å². The summed E-state index contributed by atoms with van der Waals surface area (Å²) in [5.41, 5.74) is 4.30. The summed E-state index contributed by atoms with van der Waals surface area (Å²) in [6.07, 6.45) is 0.609. The largest absolute Gasteiger partial charge is 0.481 e. The van der Waals surface area contributed by atoms with Crippen LogP contribution in [-0.4, -0.2) is 28.3 Å². The Balaban J connectivity index is 2.36. The minimum absolute atomic E-state index is 0.163. The monoisotopic (exact) mass is 145 g/mol. The maximum Gasteiger partial charge on any atom is 0.306 e. The Bertz CT molecular complexity index is 151. The standard InChI is InChI=1S/C6H11NO3/c7-3-6(10)1-4(2-6)5(8)9/h4,10H,1-3,7H2,(H,8,9). The molecule has 0 heterocycles. The molecule has 0 radical (unpaired) electrons. The van der Waals surface area contributed by atoms with Crippen molar-refractivity contribution < 1.29 is 15.0 Å². The van der Waals surface area contributed by atoms with Gasteiger partial charge >= 0.3 is 5.97 Å². The summed E-state index contributed by atoms with van der Waals surface area (Å²) >= 11 is 0. The van der Waals surface area contributed by atoms with Crippen LogP contribution in [0.3, 0.4) is 0 Å². The number of rotatable bonds is 2. The first-order valence-corrected chi connectivity index (χ1v) is 3.23. The summed E-state index contributed by atoms with van der Waals surface area (Å²) in [6.45, 7) is 0.163. The molecule has 0 aromatic heterocycles. The number of hydrogen-bond donors (Lipinski definition) is 3. The van der Waals surface area contributed by atoms with Gasteiger partial charge < -0.3 is 15.9 Å². The molecular formula is C6H11NO3. The van der Waals surface area contributed by atoms with Gasteiger partial charge in [0.25, 0.3) is 0 Å². The third kappa shape index (κ3) is 1.12. The second kappa shape index (κ2) is 2.21. The van der Waals surface area contributed by atoms with Crippen molar-refractivity contribution in [2.24, 2.45) is 11.7 Å². The smallest absolute Gasteiger partial charge is 0.306 e. The summed E-state index contributed by atoms with van der Waals surface area (Å²) in [5, 5.41) is 17.7. The minimum Gasteiger partial charge on any atom is -0.481 e. The Morgan fingerprint density at radius 3 is 2.50 bits per heavy atom. The van der Waals surface area contributed by atoms with Gasteiger partial charge in [0.15, 0.2) is 0 Å². The molecule has 0 saturated heterocycles. The summed E-state index contributed by atoms with van der Waals surface area (Å²) in [7, 11) is 0. The molecule has 58 valence electrons. The van der Waals surface area contributed by atoms with E-state index in [1.165, 1.54) is 0 Å². The van der Waals surface area contributed by atoms with E-state index in [-0.39, 0.29) is 12.5 Å². The fraction of sp³-hybridized carbons (Fsp3) is 0.833. The summed E-state index contributed by atoms with van der Waals surface area (Å²) < 4.78 is 0. The molecule has 4 N–H and O–H groups in total. The Morgan fingerprint density at radius 1 is 1.70 bits per heavy atom. The SMILES string of the molecule is NCC1(O)CC(C(=O)O)C1. The Labute approximate surface area is 58.6 Å². The quantitative estimate of drug-likeness (QED) is 0.473. The molecule has 1 saturated carbocycles. The number of nitrogens with two attached hydrogens (primary N) is 1. The first-order chi connectivity index (χ1) is 4.57. The zero-order valence-corrected chi connectivity index (χ0v) is 5.58. The molecule has 0 spiro atoms. The zero-order chi connectivity index (χ0) is 7.78. The van der Waals surface area contributed by atoms with Gasteiger partial charge in [-0.2, -0.15) is 0 Å². The van der Waals surface area contributed by atoms with Crippen LogP contribution in [0.1, 0.15) is 12.8 Å². The van der Waals surface area contributed by atoms with Gasteiger partial charge in [-0.15, -0.1) is 0 Å². The predicted octanol–water partition coefficient (Wildman–Crippen LogP) is -0.829. The average Bonchev–Trinajstić information content (AvgIpc) is 1.80. The molecular weight excluding hydrogens is 134 g/mol. The number of carbonyl (C=O) groups is 1. The van der Waals surface area contributed by atoms with Gasteiger partial charge in [0.1, 0.15) is 0 Å². The Hall–Kier alpha value is -0.610. The van der Waals surface area contributed by atoms with Gasteiger partial charge in [0, 0.05) is 6.54 Å². The van der Waals surface area contributed by atoms with Crippen molar-refractivity contribution in [2.75, 3.05) is 6.54 Å². The molecule has 0 aromatic carbocycles. The van der Waals surface area contributed by atoms with Gasteiger partial charge in [0.2, 0.25) is 0 Å². The van der Waals surface area contributed by atoms with Gasteiger partial charge in [-0.05, 0) is 12.8 Å². The number of aliphatic carboxylic acids is 1. The zero-order valence-electron chi connectivity index (χ0n) is 5.58. The average molecular weight is 145 g/mol. The highest BCUT2D eigenvalue weighted by Gasteiger charge is 2.45. The molecule has 10 heavy (non-hydrogen) atoms. The van der Waals surface area contributed by atoms with Crippen LogP contribution >= 0.6 is 0 Å². The molecule has 1 aliphatic rings. The lowest BCUT2D eigenvalue weighted by molar-refractivity contribution is -0.156. The molecule has 4 heteroatoms. The Morgan fingerprint density at radius 2 is 2.20 bits per heavy atom. The predicted molar refractivity (Wildman–Crippen MR) is 34.4 cm³/mol. The fourth-order valence-corrected chi connectivity index (χ4v) is 1.20. The number of carboxylic acid groups (broad SMARTS) is 1. The van der Waals surface area contributed by atoms with Crippen molar-refractivity contribution in [1.29, 1.82) is 0 Å². The molecule has 1 rings (SSSR count). The number of carboxylic acids is 1. The van der Waals surface area contributed by atoms with E-state index in [1.54, 1.807) is 0 Å². The van der Waals surface area contributed by atoms with Crippen molar-refractivity contribution in [1.82, 2.24) is 0 Å². The molecule has 0 unspecified atom stereocenters. The lowest BCUT2D eigenvalue weighted by atomic mass is 9.71. The van der Waals surface area contributed by atoms with Crippen LogP contribution in [-0.2, 0) is 4.79 Å². The molecule has 0 amide bonds. The van der Waals surface area contributed by atoms with Crippen LogP contribution in [0.5, 0.6) is 0 Å². The van der Waals surface area contributed by atoms with Crippen LogP contribution in [0.2, 0.25) is 0 Å². The first-order valence-electron chi connectivity index (χ1n) is 3.23. The van der Waals surface area contributed by atoms with E-state index in [1.807, 2.05) is 0 Å². The van der Waals surface area contributed by atoms with E-state index in [0.717, 1.165) is 0 Å². The molecule has 0 aromatic rings. The summed E-state index contributed by atoms with van der Waals surface area (Å²) in [5.74, 6) is -1.22. The Kier molecular flexibility index (Phi) is 1.66. The highest BCUT2D eigenvalue weighted by Crippen LogP contribution is 2.36. The maximum atomic E-state index is 10.2. The van der Waals surface area contributed by atoms with E-state index in [0.29, 0.717) is 12.8 Å². The highest BCUT2D eigenvalue weighted by molar-refractivity contribution is 5.71. The second-order valence-electron chi connectivity index (χ2n) is 2.87. The number of hydrogen-bond acceptors (Lipinski definition) is 3. The van der Waals surface area contributed by atoms with Gasteiger partial charge in [-0.1, -0.05) is 0 Å². The summed E-state index contributed by atoms with van der Waals surface area (Å²) in [6, 6.07) is 0. The van der Waals surface area contributed by atoms with Crippen molar-refractivity contribution in [3.63, 3.8) is 0 Å². The molecule has 4 nitrogen and oxygen atoms in total. The van der Waals surface area contributed by atoms with Gasteiger partial charge in [0.05, 0.1) is 11.5 Å². The van der Waals surface area contributed by atoms with Crippen LogP contribution in [0.25, 0.3) is 0 Å². The van der Waals surface area contributed by atoms with E-state index in [2.05, 4.69) is 0 Å². The van der Waals surface area contributed by atoms with Crippen molar-refractivity contribution in [3.05, 3.63) is 0 Å². The van der Waals surface area contributed by atoms with E-state index in [9.17, 15) is 9.90 Å². The maximum absolute atomic E-state index is 10.2. The van der Waals surface area contributed by atoms with E-state index >= 15 is 0 Å². The molecule has 0 bridgehead atoms. The topological polar surface area (TPSA) is 83.5 Å². The first kappa shape index (κ1) is 7.50. The fourth-order valence-electron chi connectivity index (χ4n) is 1.20. The van der Waals surface area contributed by atoms with Crippen LogP contribution in [0.4, 0.5) is 0 Å². The van der Waals surface area contributed by atoms with Crippen LogP contribution in [0.15, 0.2) is 0 Å². The highest BCUT2D eigenvalue weighted by atomic mass is 16.4. The molecule has 0 aliphatic heterocycles. The lowest BCUT2D eigenvalue weighted by Gasteiger charge is -2.40. The number of aliphatic hydroxyl groups is 1. The molecule has 0 atom stereocenters. The molecule has 1 aliphatic carbocycles. The van der Waals surface area contributed by atoms with Crippen molar-refractivity contribution >= 4 is 5.97 Å². The van der Waals surface area contributed by atoms with Crippen molar-refractivity contribution in [3.8, 4) is 0 Å². The van der Waals surface area contributed by atoms with Crippen molar-refractivity contribution in [2.45, 2.75) is 18.4 Å².